The van der Waals surface area contributed by atoms with Crippen molar-refractivity contribution in [3.8, 4) is 0 Å². The van der Waals surface area contributed by atoms with E-state index in [4.69, 9.17) is 0 Å². The van der Waals surface area contributed by atoms with Crippen LogP contribution in [0.2, 0.25) is 0 Å². The predicted octanol–water partition coefficient (Wildman–Crippen LogP) is 2.90. The molecule has 0 radical (unpaired) electrons. The van der Waals surface area contributed by atoms with E-state index in [0.717, 1.165) is 6.08 Å². The zero-order valence-electron chi connectivity index (χ0n) is 20.2. The number of amides is 5. The Balaban J connectivity index is 1.96. The van der Waals surface area contributed by atoms with Gasteiger partial charge in [0.1, 0.15) is 5.57 Å². The van der Waals surface area contributed by atoms with Gasteiger partial charge in [0.15, 0.2) is 0 Å². The molecule has 0 bridgehead atoms. The van der Waals surface area contributed by atoms with Crippen molar-refractivity contribution in [1.82, 2.24) is 15.6 Å². The molecule has 3 rings (SSSR count). The quantitative estimate of drug-likeness (QED) is 0.0822. The second kappa shape index (κ2) is 11.3. The van der Waals surface area contributed by atoms with Crippen LogP contribution in [0.3, 0.4) is 0 Å². The lowest BCUT2D eigenvalue weighted by atomic mass is 9.83. The number of rotatable bonds is 8. The molecule has 2 aliphatic heterocycles. The average Bonchev–Trinajstić information content (AvgIpc) is 3.08. The number of nitrogens with zero attached hydrogens (tertiary/aromatic N) is 3. The summed E-state index contributed by atoms with van der Waals surface area (Å²) in [4.78, 5) is 48.1. The van der Waals surface area contributed by atoms with E-state index >= 15 is 0 Å². The van der Waals surface area contributed by atoms with Crippen molar-refractivity contribution in [2.45, 2.75) is 30.6 Å². The molecule has 1 aromatic rings. The third-order valence-corrected chi connectivity index (χ3v) is 7.49. The summed E-state index contributed by atoms with van der Waals surface area (Å²) in [6, 6.07) is 2.15. The van der Waals surface area contributed by atoms with Crippen LogP contribution >= 0.6 is 22.6 Å². The van der Waals surface area contributed by atoms with E-state index < -0.39 is 49.2 Å². The molecule has 1 aromatic carbocycles. The normalized spacial score (nSPS) is 18.6. The van der Waals surface area contributed by atoms with Crippen molar-refractivity contribution in [2.24, 2.45) is 0 Å². The molecule has 11 nitrogen and oxygen atoms in total. The van der Waals surface area contributed by atoms with Gasteiger partial charge in [0.2, 0.25) is 5.91 Å². The maximum absolute atomic E-state index is 13.6. The molecule has 2 N–H and O–H groups in total. The number of alkyl halides is 1. The second-order valence-electron chi connectivity index (χ2n) is 8.74. The maximum Gasteiger partial charge on any atom is 0.391 e. The molecule has 38 heavy (non-hydrogen) atoms. The number of imide groups is 2. The van der Waals surface area contributed by atoms with E-state index in [1.807, 2.05) is 41.3 Å². The largest absolute Gasteiger partial charge is 0.391 e. The van der Waals surface area contributed by atoms with Gasteiger partial charge < -0.3 is 10.2 Å². The third kappa shape index (κ3) is 5.78. The van der Waals surface area contributed by atoms with Gasteiger partial charge in [0.05, 0.1) is 9.32 Å². The van der Waals surface area contributed by atoms with E-state index in [9.17, 15) is 41.1 Å². The fourth-order valence-electron chi connectivity index (χ4n) is 4.06. The molecule has 5 amide bonds. The standard InChI is InChI=1S/C23H23F2IN4O7S/c1-23(2)16-12-14(38(35,36)37)8-9-17(16)28(11-5-10-27-19(31)13-26)18(23)7-4-3-6-15-20(32)29(24)22(34)30(25)21(15)33/h3-4,6-9,12H,5,10-11,13H2,1-2H3,(H,27,31)(H,35,36,37)/b4-3+,18-7+. The number of urea groups is 1. The Morgan fingerprint density at radius 1 is 1.11 bits per heavy atom. The molecule has 2 heterocycles. The highest BCUT2D eigenvalue weighted by Gasteiger charge is 2.44. The summed E-state index contributed by atoms with van der Waals surface area (Å²) in [6.07, 6.45) is 5.60. The second-order valence-corrected chi connectivity index (χ2v) is 10.9. The smallest absolute Gasteiger partial charge is 0.355 e. The number of hydrogen-bond donors (Lipinski definition) is 2. The highest BCUT2D eigenvalue weighted by molar-refractivity contribution is 14.1. The molecule has 0 atom stereocenters. The van der Waals surface area contributed by atoms with Crippen molar-refractivity contribution in [3.05, 3.63) is 59.3 Å². The van der Waals surface area contributed by atoms with Crippen molar-refractivity contribution in [3.63, 3.8) is 0 Å². The zero-order chi connectivity index (χ0) is 28.4. The summed E-state index contributed by atoms with van der Waals surface area (Å²) < 4.78 is 60.4. The minimum atomic E-state index is -4.46. The molecule has 1 saturated heterocycles. The summed E-state index contributed by atoms with van der Waals surface area (Å²) in [5.41, 5.74) is 0.231. The molecule has 0 saturated carbocycles. The Kier molecular flexibility index (Phi) is 8.72. The Bertz CT molecular complexity index is 1370. The zero-order valence-corrected chi connectivity index (χ0v) is 23.1. The number of benzene rings is 1. The number of barbiturate groups is 1. The molecule has 2 aliphatic rings. The summed E-state index contributed by atoms with van der Waals surface area (Å²) in [5.74, 6) is -3.33. The van der Waals surface area contributed by atoms with Crippen LogP contribution in [0, 0.1) is 0 Å². The molecular weight excluding hydrogens is 641 g/mol. The first-order valence-corrected chi connectivity index (χ1v) is 14.0. The van der Waals surface area contributed by atoms with Crippen LogP contribution in [0.1, 0.15) is 25.8 Å². The van der Waals surface area contributed by atoms with Crippen molar-refractivity contribution in [1.29, 1.82) is 0 Å². The van der Waals surface area contributed by atoms with Crippen molar-refractivity contribution >= 4 is 62.1 Å². The molecular formula is C23H23F2IN4O7S. The molecule has 15 heteroatoms. The highest BCUT2D eigenvalue weighted by atomic mass is 127. The number of carbonyl (C=O) groups excluding carboxylic acids is 4. The number of allylic oxidation sites excluding steroid dienone is 5. The third-order valence-electron chi connectivity index (χ3n) is 5.94. The van der Waals surface area contributed by atoms with Gasteiger partial charge >= 0.3 is 6.03 Å². The van der Waals surface area contributed by atoms with Crippen LogP contribution in [0.15, 0.2) is 58.7 Å². The average molecular weight is 664 g/mol. The van der Waals surface area contributed by atoms with Crippen LogP contribution < -0.4 is 10.2 Å². The molecule has 0 spiro atoms. The number of fused-ring (bicyclic) bond motifs is 1. The Labute approximate surface area is 230 Å². The van der Waals surface area contributed by atoms with Crippen LogP contribution in [-0.2, 0) is 29.9 Å². The molecule has 1 fully saturated rings. The van der Waals surface area contributed by atoms with Gasteiger partial charge in [0.25, 0.3) is 21.9 Å². The number of hydrogen-bond acceptors (Lipinski definition) is 7. The predicted molar refractivity (Wildman–Crippen MR) is 140 cm³/mol. The van der Waals surface area contributed by atoms with E-state index in [1.165, 1.54) is 24.3 Å². The first-order valence-electron chi connectivity index (χ1n) is 11.1. The number of halogens is 3. The van der Waals surface area contributed by atoms with E-state index in [1.54, 1.807) is 12.1 Å². The van der Waals surface area contributed by atoms with Crippen molar-refractivity contribution < 1.29 is 41.1 Å². The fraction of sp³-hybridized carbons (Fsp3) is 0.304. The molecule has 204 valence electrons. The summed E-state index contributed by atoms with van der Waals surface area (Å²) >= 11 is 1.94. The molecule has 0 unspecified atom stereocenters. The topological polar surface area (TPSA) is 144 Å². The van der Waals surface area contributed by atoms with Gasteiger partial charge in [-0.3, -0.25) is 18.9 Å². The number of anilines is 1. The molecule has 0 aromatic heterocycles. The Hall–Kier alpha value is -3.18. The molecule has 0 aliphatic carbocycles. The van der Waals surface area contributed by atoms with Crippen LogP contribution in [-0.4, -0.2) is 64.5 Å². The van der Waals surface area contributed by atoms with E-state index in [0.29, 0.717) is 40.9 Å². The summed E-state index contributed by atoms with van der Waals surface area (Å²) in [7, 11) is -4.46. The lowest BCUT2D eigenvalue weighted by Crippen LogP contribution is -2.49. The van der Waals surface area contributed by atoms with Crippen LogP contribution in [0.25, 0.3) is 0 Å². The van der Waals surface area contributed by atoms with Crippen molar-refractivity contribution in [2.75, 3.05) is 22.4 Å². The summed E-state index contributed by atoms with van der Waals surface area (Å²) in [5, 5.41) is 0.744. The van der Waals surface area contributed by atoms with Crippen LogP contribution in [0.5, 0.6) is 0 Å². The Morgan fingerprint density at radius 3 is 2.29 bits per heavy atom. The van der Waals surface area contributed by atoms with Gasteiger partial charge in [-0.05, 0) is 42.3 Å². The monoisotopic (exact) mass is 664 g/mol. The lowest BCUT2D eigenvalue weighted by Gasteiger charge is -2.27. The van der Waals surface area contributed by atoms with Crippen LogP contribution in [0.4, 0.5) is 19.4 Å². The van der Waals surface area contributed by atoms with Gasteiger partial charge in [-0.15, -0.1) is 0 Å². The van der Waals surface area contributed by atoms with Gasteiger partial charge in [-0.2, -0.15) is 8.42 Å². The minimum Gasteiger partial charge on any atom is -0.355 e. The SMILES string of the molecule is CC1(C)/C(=C\C=C\C=C2C(=O)N(F)C(=O)N(F)C2=O)N(CCCNC(=O)CI)c2ccc(S(=O)(=O)O)cc21. The first kappa shape index (κ1) is 29.4. The Morgan fingerprint density at radius 2 is 1.71 bits per heavy atom. The highest BCUT2D eigenvalue weighted by Crippen LogP contribution is 2.48. The van der Waals surface area contributed by atoms with E-state index in [-0.39, 0.29) is 10.8 Å². The van der Waals surface area contributed by atoms with Gasteiger partial charge in [-0.1, -0.05) is 67.8 Å². The number of carbonyl (C=O) groups is 4. The van der Waals surface area contributed by atoms with Gasteiger partial charge in [0, 0.05) is 29.9 Å². The fourth-order valence-corrected chi connectivity index (χ4v) is 4.84. The van der Waals surface area contributed by atoms with E-state index in [2.05, 4.69) is 5.32 Å². The summed E-state index contributed by atoms with van der Waals surface area (Å²) in [6.45, 7) is 4.43. The minimum absolute atomic E-state index is 0.121. The maximum atomic E-state index is 13.6. The first-order chi connectivity index (χ1) is 17.7. The lowest BCUT2D eigenvalue weighted by molar-refractivity contribution is -0.154. The number of nitrogens with one attached hydrogen (secondary N) is 1. The van der Waals surface area contributed by atoms with Gasteiger partial charge in [-0.25, -0.2) is 4.79 Å².